The zero-order valence-corrected chi connectivity index (χ0v) is 15.6. The first-order chi connectivity index (χ1) is 12.4. The average Bonchev–Trinajstić information content (AvgIpc) is 3.03. The van der Waals surface area contributed by atoms with E-state index in [1.165, 1.54) is 0 Å². The number of methoxy groups -OCH3 is 1. The Balaban J connectivity index is 1.90. The van der Waals surface area contributed by atoms with Crippen molar-refractivity contribution < 1.29 is 14.3 Å². The molecule has 1 aromatic heterocycles. The Kier molecular flexibility index (Phi) is 5.15. The van der Waals surface area contributed by atoms with Crippen molar-refractivity contribution in [3.8, 4) is 0 Å². The molecule has 0 aliphatic carbocycles. The molecule has 136 valence electrons. The van der Waals surface area contributed by atoms with E-state index >= 15 is 0 Å². The van der Waals surface area contributed by atoms with Crippen molar-refractivity contribution in [1.82, 2.24) is 9.88 Å². The maximum absolute atomic E-state index is 12.7. The van der Waals surface area contributed by atoms with Crippen LogP contribution in [0, 0.1) is 13.8 Å². The molecule has 1 N–H and O–H groups in total. The molecule has 3 rings (SSSR count). The third-order valence-electron chi connectivity index (χ3n) is 4.39. The molecule has 0 bridgehead atoms. The number of benzene rings is 1. The molecule has 1 saturated heterocycles. The summed E-state index contributed by atoms with van der Waals surface area (Å²) in [7, 11) is 1.66. The van der Waals surface area contributed by atoms with Crippen molar-refractivity contribution in [2.75, 3.05) is 18.6 Å². The van der Waals surface area contributed by atoms with Crippen LogP contribution in [0.2, 0.25) is 5.02 Å². The lowest BCUT2D eigenvalue weighted by Crippen LogP contribution is -2.30. The molecule has 0 radical (unpaired) electrons. The second-order valence-electron chi connectivity index (χ2n) is 6.08. The maximum Gasteiger partial charge on any atom is 0.333 e. The molecule has 2 heterocycles. The summed E-state index contributed by atoms with van der Waals surface area (Å²) in [4.78, 5) is 26.1. The van der Waals surface area contributed by atoms with Crippen LogP contribution < -0.4 is 10.2 Å². The summed E-state index contributed by atoms with van der Waals surface area (Å²) in [5.74, 6) is -0.390. The van der Waals surface area contributed by atoms with E-state index < -0.39 is 6.03 Å². The van der Waals surface area contributed by atoms with Crippen molar-refractivity contribution in [3.63, 3.8) is 0 Å². The number of hydrogen-bond donors (Lipinski definition) is 1. The number of nitrogens with zero attached hydrogens (tertiary/aromatic N) is 2. The van der Waals surface area contributed by atoms with Gasteiger partial charge >= 0.3 is 6.03 Å². The first-order valence-electron chi connectivity index (χ1n) is 8.20. The van der Waals surface area contributed by atoms with Crippen molar-refractivity contribution in [2.24, 2.45) is 0 Å². The number of ether oxygens (including phenoxy) is 1. The largest absolute Gasteiger partial charge is 0.383 e. The SMILES string of the molecule is COCCn1c(C)cc(/C=C2\NC(=O)N(c3ccc(Cl)cc3)C2=O)c1C. The Morgan fingerprint density at radius 3 is 2.54 bits per heavy atom. The fourth-order valence-corrected chi connectivity index (χ4v) is 3.14. The molecule has 0 saturated carbocycles. The molecule has 3 amide bonds. The van der Waals surface area contributed by atoms with E-state index in [0.29, 0.717) is 17.3 Å². The van der Waals surface area contributed by atoms with Crippen LogP contribution in [-0.2, 0) is 16.1 Å². The van der Waals surface area contributed by atoms with Gasteiger partial charge < -0.3 is 14.6 Å². The van der Waals surface area contributed by atoms with Gasteiger partial charge in [-0.05, 0) is 55.8 Å². The second kappa shape index (κ2) is 7.35. The zero-order valence-electron chi connectivity index (χ0n) is 14.9. The predicted octanol–water partition coefficient (Wildman–Crippen LogP) is 3.50. The Hall–Kier alpha value is -2.57. The number of urea groups is 1. The monoisotopic (exact) mass is 373 g/mol. The minimum absolute atomic E-state index is 0.247. The standard InChI is InChI=1S/C19H20ClN3O3/c1-12-10-14(13(2)22(12)8-9-26-3)11-17-18(24)23(19(25)21-17)16-6-4-15(20)5-7-16/h4-7,10-11H,8-9H2,1-3H3,(H,21,25)/b17-11-. The molecule has 1 aliphatic rings. The van der Waals surface area contributed by atoms with Crippen molar-refractivity contribution >= 4 is 35.3 Å². The van der Waals surface area contributed by atoms with Crippen molar-refractivity contribution in [1.29, 1.82) is 0 Å². The molecule has 1 aliphatic heterocycles. The summed E-state index contributed by atoms with van der Waals surface area (Å²) in [6.07, 6.45) is 1.71. The van der Waals surface area contributed by atoms with Gasteiger partial charge in [0.2, 0.25) is 0 Å². The molecular formula is C19H20ClN3O3. The molecular weight excluding hydrogens is 354 g/mol. The van der Waals surface area contributed by atoms with Crippen LogP contribution in [-0.4, -0.2) is 30.2 Å². The lowest BCUT2D eigenvalue weighted by atomic mass is 10.2. The van der Waals surface area contributed by atoms with E-state index in [1.54, 1.807) is 37.5 Å². The molecule has 0 atom stereocenters. The molecule has 26 heavy (non-hydrogen) atoms. The highest BCUT2D eigenvalue weighted by molar-refractivity contribution is 6.31. The first kappa shape index (κ1) is 18.2. The Morgan fingerprint density at radius 2 is 1.88 bits per heavy atom. The van der Waals surface area contributed by atoms with Crippen LogP contribution >= 0.6 is 11.6 Å². The van der Waals surface area contributed by atoms with E-state index in [4.69, 9.17) is 16.3 Å². The molecule has 0 spiro atoms. The van der Waals surface area contributed by atoms with E-state index in [0.717, 1.165) is 28.4 Å². The Bertz CT molecular complexity index is 884. The summed E-state index contributed by atoms with van der Waals surface area (Å²) in [6, 6.07) is 8.07. The quantitative estimate of drug-likeness (QED) is 0.644. The third kappa shape index (κ3) is 3.38. The normalized spacial score (nSPS) is 15.8. The van der Waals surface area contributed by atoms with E-state index in [1.807, 2.05) is 19.9 Å². The van der Waals surface area contributed by atoms with Crippen LogP contribution in [0.4, 0.5) is 10.5 Å². The van der Waals surface area contributed by atoms with Gasteiger partial charge in [0, 0.05) is 30.1 Å². The fourth-order valence-electron chi connectivity index (χ4n) is 3.02. The van der Waals surface area contributed by atoms with Gasteiger partial charge in [0.05, 0.1) is 12.3 Å². The topological polar surface area (TPSA) is 63.6 Å². The molecule has 7 heteroatoms. The number of carbonyl (C=O) groups excluding carboxylic acids is 2. The molecule has 2 aromatic rings. The summed E-state index contributed by atoms with van der Waals surface area (Å²) < 4.78 is 7.26. The number of carbonyl (C=O) groups is 2. The molecule has 1 fully saturated rings. The highest BCUT2D eigenvalue weighted by Gasteiger charge is 2.35. The number of halogens is 1. The van der Waals surface area contributed by atoms with Gasteiger partial charge in [-0.1, -0.05) is 11.6 Å². The van der Waals surface area contributed by atoms with Crippen LogP contribution in [0.15, 0.2) is 36.0 Å². The van der Waals surface area contributed by atoms with Crippen molar-refractivity contribution in [3.05, 3.63) is 58.0 Å². The van der Waals surface area contributed by atoms with Gasteiger partial charge in [-0.3, -0.25) is 4.79 Å². The zero-order chi connectivity index (χ0) is 18.8. The maximum atomic E-state index is 12.7. The number of aromatic nitrogens is 1. The Labute approximate surface area is 157 Å². The van der Waals surface area contributed by atoms with Gasteiger partial charge in [-0.15, -0.1) is 0 Å². The summed E-state index contributed by atoms with van der Waals surface area (Å²) in [5, 5.41) is 3.19. The number of anilines is 1. The van der Waals surface area contributed by atoms with Gasteiger partial charge in [0.15, 0.2) is 0 Å². The minimum atomic E-state index is -0.475. The van der Waals surface area contributed by atoms with Crippen LogP contribution in [0.5, 0.6) is 0 Å². The third-order valence-corrected chi connectivity index (χ3v) is 4.65. The second-order valence-corrected chi connectivity index (χ2v) is 6.51. The summed E-state index contributed by atoms with van der Waals surface area (Å²) >= 11 is 5.87. The molecule has 1 aromatic carbocycles. The number of aryl methyl sites for hydroxylation is 1. The number of nitrogens with one attached hydrogen (secondary N) is 1. The lowest BCUT2D eigenvalue weighted by Gasteiger charge is -2.11. The van der Waals surface area contributed by atoms with E-state index in [9.17, 15) is 9.59 Å². The highest BCUT2D eigenvalue weighted by Crippen LogP contribution is 2.25. The van der Waals surface area contributed by atoms with Gasteiger partial charge in [-0.25, -0.2) is 9.69 Å². The smallest absolute Gasteiger partial charge is 0.333 e. The summed E-state index contributed by atoms with van der Waals surface area (Å²) in [5.41, 5.74) is 3.69. The highest BCUT2D eigenvalue weighted by atomic mass is 35.5. The van der Waals surface area contributed by atoms with Crippen molar-refractivity contribution in [2.45, 2.75) is 20.4 Å². The van der Waals surface area contributed by atoms with Gasteiger partial charge in [0.25, 0.3) is 5.91 Å². The molecule has 6 nitrogen and oxygen atoms in total. The molecule has 0 unspecified atom stereocenters. The number of amides is 3. The Morgan fingerprint density at radius 1 is 1.19 bits per heavy atom. The van der Waals surface area contributed by atoms with Crippen LogP contribution in [0.1, 0.15) is 17.0 Å². The first-order valence-corrected chi connectivity index (χ1v) is 8.58. The average molecular weight is 374 g/mol. The summed E-state index contributed by atoms with van der Waals surface area (Å²) in [6.45, 7) is 5.31. The number of rotatable bonds is 5. The van der Waals surface area contributed by atoms with Crippen LogP contribution in [0.3, 0.4) is 0 Å². The van der Waals surface area contributed by atoms with Gasteiger partial charge in [0.1, 0.15) is 5.70 Å². The van der Waals surface area contributed by atoms with Crippen LogP contribution in [0.25, 0.3) is 6.08 Å². The van der Waals surface area contributed by atoms with E-state index in [2.05, 4.69) is 9.88 Å². The number of hydrogen-bond acceptors (Lipinski definition) is 3. The fraction of sp³-hybridized carbons (Fsp3) is 0.263. The minimum Gasteiger partial charge on any atom is -0.383 e. The predicted molar refractivity (Wildman–Crippen MR) is 101 cm³/mol. The van der Waals surface area contributed by atoms with Gasteiger partial charge in [-0.2, -0.15) is 0 Å². The number of imide groups is 1. The lowest BCUT2D eigenvalue weighted by molar-refractivity contribution is -0.113. The van der Waals surface area contributed by atoms with E-state index in [-0.39, 0.29) is 11.6 Å².